The van der Waals surface area contributed by atoms with Gasteiger partial charge in [-0.2, -0.15) is 0 Å². The molecule has 0 bridgehead atoms. The second-order valence-corrected chi connectivity index (χ2v) is 20.1. The molecule has 0 saturated carbocycles. The standard InChI is InChI=1S/C60H109NO8/c1-3-5-7-9-11-13-15-17-19-20-21-22-23-24-25-26-27-28-29-30-31-32-33-34-36-38-40-42-44-46-48-50-56(64)61-53(52-68-60-59(67)58(66)57(65)55(51-62)69-60)54(63)49-47-45-43-41-39-37-35-18-16-14-12-10-8-6-4-2/h15,17,20-21,23-24,39,41,47,49,53-55,57-60,62-63,65-67H,3-14,16,18-19,22,25-38,40,42-46,48,50-52H2,1-2H3,(H,61,64)/b17-15-,21-20-,24-23-,41-39+,49-47+. The summed E-state index contributed by atoms with van der Waals surface area (Å²) in [5, 5.41) is 54.4. The highest BCUT2D eigenvalue weighted by atomic mass is 16.7. The van der Waals surface area contributed by atoms with Crippen LogP contribution in [0.4, 0.5) is 0 Å². The van der Waals surface area contributed by atoms with Gasteiger partial charge in [0.2, 0.25) is 5.91 Å². The van der Waals surface area contributed by atoms with Crippen LogP contribution in [0.2, 0.25) is 0 Å². The molecular weight excluding hydrogens is 863 g/mol. The lowest BCUT2D eigenvalue weighted by Crippen LogP contribution is -2.60. The lowest BCUT2D eigenvalue weighted by molar-refractivity contribution is -0.302. The van der Waals surface area contributed by atoms with Crippen molar-refractivity contribution in [2.45, 2.75) is 301 Å². The highest BCUT2D eigenvalue weighted by molar-refractivity contribution is 5.76. The molecule has 1 saturated heterocycles. The summed E-state index contributed by atoms with van der Waals surface area (Å²) in [5.74, 6) is -0.186. The number of allylic oxidation sites excluding steroid dienone is 9. The van der Waals surface area contributed by atoms with Crippen molar-refractivity contribution in [3.05, 3.63) is 60.8 Å². The van der Waals surface area contributed by atoms with Crippen LogP contribution in [-0.4, -0.2) is 87.5 Å². The number of ether oxygens (including phenoxy) is 2. The van der Waals surface area contributed by atoms with Gasteiger partial charge in [-0.3, -0.25) is 4.79 Å². The van der Waals surface area contributed by atoms with Gasteiger partial charge in [0.1, 0.15) is 24.4 Å². The number of rotatable bonds is 49. The fraction of sp³-hybridized carbons (Fsp3) is 0.817. The Morgan fingerprint density at radius 2 is 0.870 bits per heavy atom. The minimum atomic E-state index is -1.57. The van der Waals surface area contributed by atoms with E-state index in [1.807, 2.05) is 6.08 Å². The molecule has 1 rings (SSSR count). The van der Waals surface area contributed by atoms with Crippen LogP contribution in [0.15, 0.2) is 60.8 Å². The normalized spacial score (nSPS) is 19.9. The number of aliphatic hydroxyl groups is 5. The van der Waals surface area contributed by atoms with Crippen molar-refractivity contribution in [1.82, 2.24) is 5.32 Å². The van der Waals surface area contributed by atoms with Crippen molar-refractivity contribution in [2.75, 3.05) is 13.2 Å². The van der Waals surface area contributed by atoms with Crippen LogP contribution in [0.1, 0.15) is 258 Å². The Balaban J connectivity index is 2.17. The third-order valence-corrected chi connectivity index (χ3v) is 13.6. The van der Waals surface area contributed by atoms with Crippen LogP contribution >= 0.6 is 0 Å². The van der Waals surface area contributed by atoms with Crippen LogP contribution in [-0.2, 0) is 14.3 Å². The average Bonchev–Trinajstić information content (AvgIpc) is 3.35. The molecule has 0 aromatic heterocycles. The minimum absolute atomic E-state index is 0.186. The van der Waals surface area contributed by atoms with Gasteiger partial charge in [0, 0.05) is 6.42 Å². The van der Waals surface area contributed by atoms with E-state index < -0.39 is 49.5 Å². The van der Waals surface area contributed by atoms with Gasteiger partial charge in [0.05, 0.1) is 25.4 Å². The summed E-state index contributed by atoms with van der Waals surface area (Å²) in [6.45, 7) is 3.75. The summed E-state index contributed by atoms with van der Waals surface area (Å²) in [6, 6.07) is -0.823. The zero-order valence-corrected chi connectivity index (χ0v) is 44.6. The lowest BCUT2D eigenvalue weighted by atomic mass is 9.99. The highest BCUT2D eigenvalue weighted by Gasteiger charge is 2.44. The molecule has 1 heterocycles. The molecule has 1 aliphatic heterocycles. The number of carbonyl (C=O) groups is 1. The van der Waals surface area contributed by atoms with Crippen molar-refractivity contribution in [1.29, 1.82) is 0 Å². The zero-order chi connectivity index (χ0) is 50.1. The molecule has 0 radical (unpaired) electrons. The van der Waals surface area contributed by atoms with E-state index in [-0.39, 0.29) is 12.5 Å². The Kier molecular flexibility index (Phi) is 46.5. The van der Waals surface area contributed by atoms with E-state index in [4.69, 9.17) is 9.47 Å². The molecule has 69 heavy (non-hydrogen) atoms. The van der Waals surface area contributed by atoms with Crippen molar-refractivity contribution < 1.29 is 39.8 Å². The molecule has 0 aliphatic carbocycles. The summed E-state index contributed by atoms with van der Waals surface area (Å²) < 4.78 is 11.2. The van der Waals surface area contributed by atoms with Gasteiger partial charge in [0.15, 0.2) is 6.29 Å². The second-order valence-electron chi connectivity index (χ2n) is 20.1. The second kappa shape index (κ2) is 49.5. The number of nitrogens with one attached hydrogen (secondary N) is 1. The van der Waals surface area contributed by atoms with Crippen molar-refractivity contribution >= 4 is 5.91 Å². The number of unbranched alkanes of at least 4 members (excludes halogenated alkanes) is 31. The van der Waals surface area contributed by atoms with Crippen molar-refractivity contribution in [3.63, 3.8) is 0 Å². The first-order valence-corrected chi connectivity index (χ1v) is 29.0. The number of carbonyl (C=O) groups excluding carboxylic acids is 1. The Labute approximate surface area is 424 Å². The third-order valence-electron chi connectivity index (χ3n) is 13.6. The van der Waals surface area contributed by atoms with Crippen LogP contribution < -0.4 is 5.32 Å². The molecule has 0 spiro atoms. The van der Waals surface area contributed by atoms with Gasteiger partial charge in [-0.25, -0.2) is 0 Å². The molecule has 7 unspecified atom stereocenters. The van der Waals surface area contributed by atoms with Crippen molar-refractivity contribution in [2.24, 2.45) is 0 Å². The maximum absolute atomic E-state index is 13.0. The van der Waals surface area contributed by atoms with Crippen LogP contribution in [0.5, 0.6) is 0 Å². The Bertz CT molecular complexity index is 1270. The molecule has 402 valence electrons. The molecule has 6 N–H and O–H groups in total. The Hall–Kier alpha value is -2.11. The molecule has 9 heteroatoms. The monoisotopic (exact) mass is 972 g/mol. The van der Waals surface area contributed by atoms with Crippen LogP contribution in [0.3, 0.4) is 0 Å². The van der Waals surface area contributed by atoms with Gasteiger partial charge in [-0.15, -0.1) is 0 Å². The van der Waals surface area contributed by atoms with E-state index in [0.29, 0.717) is 6.42 Å². The van der Waals surface area contributed by atoms with Crippen molar-refractivity contribution in [3.8, 4) is 0 Å². The zero-order valence-electron chi connectivity index (χ0n) is 44.6. The fourth-order valence-corrected chi connectivity index (χ4v) is 8.95. The van der Waals surface area contributed by atoms with E-state index in [2.05, 4.69) is 67.8 Å². The lowest BCUT2D eigenvalue weighted by Gasteiger charge is -2.40. The smallest absolute Gasteiger partial charge is 0.220 e. The summed E-state index contributed by atoms with van der Waals surface area (Å²) in [6.07, 6.45) is 60.1. The summed E-state index contributed by atoms with van der Waals surface area (Å²) >= 11 is 0. The van der Waals surface area contributed by atoms with Gasteiger partial charge < -0.3 is 40.3 Å². The van der Waals surface area contributed by atoms with E-state index >= 15 is 0 Å². The van der Waals surface area contributed by atoms with E-state index in [1.54, 1.807) is 6.08 Å². The van der Waals surface area contributed by atoms with E-state index in [0.717, 1.165) is 51.4 Å². The Morgan fingerprint density at radius 3 is 1.32 bits per heavy atom. The number of hydrogen-bond donors (Lipinski definition) is 6. The first kappa shape index (κ1) is 64.9. The van der Waals surface area contributed by atoms with E-state index in [9.17, 15) is 30.3 Å². The summed E-state index contributed by atoms with van der Waals surface area (Å²) in [5.41, 5.74) is 0. The largest absolute Gasteiger partial charge is 0.394 e. The number of amides is 1. The fourth-order valence-electron chi connectivity index (χ4n) is 8.95. The molecular formula is C60H109NO8. The van der Waals surface area contributed by atoms with Crippen LogP contribution in [0, 0.1) is 0 Å². The summed E-state index contributed by atoms with van der Waals surface area (Å²) in [4.78, 5) is 13.0. The first-order chi connectivity index (χ1) is 33.8. The topological polar surface area (TPSA) is 149 Å². The molecule has 1 fully saturated rings. The number of aliphatic hydroxyl groups excluding tert-OH is 5. The Morgan fingerprint density at radius 1 is 0.493 bits per heavy atom. The maximum Gasteiger partial charge on any atom is 0.220 e. The number of hydrogen-bond acceptors (Lipinski definition) is 8. The van der Waals surface area contributed by atoms with Crippen LogP contribution in [0.25, 0.3) is 0 Å². The van der Waals surface area contributed by atoms with Gasteiger partial charge in [0.25, 0.3) is 0 Å². The SMILES string of the molecule is CCCCCCC/C=C\C/C=C\C/C=C\CCCCCCCCCCCCCCCCCCC(=O)NC(COC1OC(CO)C(O)C(O)C1O)C(O)/C=C/CC/C=C/CCCCCCCCCCC. The minimum Gasteiger partial charge on any atom is -0.394 e. The first-order valence-electron chi connectivity index (χ1n) is 29.0. The van der Waals surface area contributed by atoms with Gasteiger partial charge in [-0.05, 0) is 70.6 Å². The molecule has 0 aromatic rings. The molecule has 9 nitrogen and oxygen atoms in total. The molecule has 1 amide bonds. The molecule has 0 aromatic carbocycles. The average molecular weight is 973 g/mol. The maximum atomic E-state index is 13.0. The van der Waals surface area contributed by atoms with Gasteiger partial charge >= 0.3 is 0 Å². The predicted octanol–water partition coefficient (Wildman–Crippen LogP) is 14.3. The van der Waals surface area contributed by atoms with Gasteiger partial charge in [-0.1, -0.05) is 242 Å². The molecule has 1 aliphatic rings. The van der Waals surface area contributed by atoms with E-state index in [1.165, 1.54) is 186 Å². The molecule has 7 atom stereocenters. The summed E-state index contributed by atoms with van der Waals surface area (Å²) in [7, 11) is 0. The highest BCUT2D eigenvalue weighted by Crippen LogP contribution is 2.23. The third kappa shape index (κ3) is 39.1. The predicted molar refractivity (Wildman–Crippen MR) is 290 cm³/mol. The quantitative estimate of drug-likeness (QED) is 0.0261.